The molecule has 0 N–H and O–H groups in total. The molecule has 6 nitrogen and oxygen atoms in total. The highest BCUT2D eigenvalue weighted by atomic mass is 35.5. The summed E-state index contributed by atoms with van der Waals surface area (Å²) >= 11 is 6.92. The van der Waals surface area contributed by atoms with Crippen molar-refractivity contribution in [3.05, 3.63) is 71.5 Å². The molecule has 0 spiro atoms. The van der Waals surface area contributed by atoms with Crippen LogP contribution in [0.25, 0.3) is 28.2 Å². The Hall–Kier alpha value is -3.71. The second kappa shape index (κ2) is 9.42. The van der Waals surface area contributed by atoms with Gasteiger partial charge >= 0.3 is 0 Å². The Balaban J connectivity index is 1.96. The molecule has 1 heterocycles. The van der Waals surface area contributed by atoms with Gasteiger partial charge in [0.05, 0.1) is 44.8 Å². The van der Waals surface area contributed by atoms with Crippen molar-refractivity contribution >= 4 is 11.6 Å². The van der Waals surface area contributed by atoms with Gasteiger partial charge in [-0.25, -0.2) is 9.07 Å². The lowest BCUT2D eigenvalue weighted by Gasteiger charge is -2.12. The third-order valence-corrected chi connectivity index (χ3v) is 5.57. The molecular formula is C25H22ClFN2O4. The molecule has 3 aromatic carbocycles. The van der Waals surface area contributed by atoms with Crippen LogP contribution in [-0.4, -0.2) is 38.2 Å². The van der Waals surface area contributed by atoms with Gasteiger partial charge in [-0.15, -0.1) is 0 Å². The summed E-state index contributed by atoms with van der Waals surface area (Å²) in [6.07, 6.45) is 0. The number of hydrogen-bond donors (Lipinski definition) is 0. The number of methoxy groups -OCH3 is 4. The van der Waals surface area contributed by atoms with Gasteiger partial charge in [-0.05, 0) is 60.7 Å². The first-order valence-electron chi connectivity index (χ1n) is 10.00. The molecule has 0 bridgehead atoms. The predicted octanol–water partition coefficient (Wildman–Crippen LogP) is 6.03. The van der Waals surface area contributed by atoms with Crippen molar-refractivity contribution in [2.75, 3.05) is 28.4 Å². The molecule has 0 amide bonds. The minimum absolute atomic E-state index is 0.343. The van der Waals surface area contributed by atoms with Crippen LogP contribution in [0.5, 0.6) is 23.0 Å². The molecule has 33 heavy (non-hydrogen) atoms. The summed E-state index contributed by atoms with van der Waals surface area (Å²) in [5, 5.41) is 5.19. The molecule has 4 aromatic rings. The molecule has 0 aliphatic carbocycles. The topological polar surface area (TPSA) is 54.7 Å². The Morgan fingerprint density at radius 1 is 0.697 bits per heavy atom. The van der Waals surface area contributed by atoms with Crippen molar-refractivity contribution in [1.82, 2.24) is 9.78 Å². The molecule has 0 atom stereocenters. The van der Waals surface area contributed by atoms with Crippen molar-refractivity contribution in [2.24, 2.45) is 0 Å². The highest BCUT2D eigenvalue weighted by Gasteiger charge is 2.22. The van der Waals surface area contributed by atoms with Gasteiger partial charge in [0.2, 0.25) is 0 Å². The third kappa shape index (κ3) is 4.19. The van der Waals surface area contributed by atoms with Gasteiger partial charge in [0.15, 0.2) is 23.0 Å². The van der Waals surface area contributed by atoms with Crippen LogP contribution in [-0.2, 0) is 0 Å². The van der Waals surface area contributed by atoms with Crippen molar-refractivity contribution in [3.63, 3.8) is 0 Å². The highest BCUT2D eigenvalue weighted by Crippen LogP contribution is 2.42. The Labute approximate surface area is 196 Å². The van der Waals surface area contributed by atoms with Crippen LogP contribution in [0.3, 0.4) is 0 Å². The van der Waals surface area contributed by atoms with Crippen LogP contribution in [0.2, 0.25) is 5.02 Å². The maximum absolute atomic E-state index is 13.6. The van der Waals surface area contributed by atoms with E-state index in [4.69, 9.17) is 35.6 Å². The van der Waals surface area contributed by atoms with E-state index in [1.807, 2.05) is 18.2 Å². The minimum atomic E-state index is -0.343. The summed E-state index contributed by atoms with van der Waals surface area (Å²) in [6.45, 7) is 0. The number of halogens is 2. The average molecular weight is 469 g/mol. The van der Waals surface area contributed by atoms with Gasteiger partial charge in [0.1, 0.15) is 11.5 Å². The van der Waals surface area contributed by atoms with Crippen molar-refractivity contribution in [3.8, 4) is 51.2 Å². The molecule has 1 aromatic heterocycles. The molecule has 0 aliphatic rings. The van der Waals surface area contributed by atoms with Gasteiger partial charge in [0, 0.05) is 11.1 Å². The summed E-state index contributed by atoms with van der Waals surface area (Å²) in [4.78, 5) is 0. The number of hydrogen-bond acceptors (Lipinski definition) is 5. The second-order valence-corrected chi connectivity index (χ2v) is 7.42. The smallest absolute Gasteiger partial charge is 0.161 e. The average Bonchev–Trinajstić information content (AvgIpc) is 3.20. The normalized spacial score (nSPS) is 10.7. The van der Waals surface area contributed by atoms with E-state index in [-0.39, 0.29) is 5.82 Å². The van der Waals surface area contributed by atoms with E-state index < -0.39 is 0 Å². The van der Waals surface area contributed by atoms with E-state index in [9.17, 15) is 4.39 Å². The van der Waals surface area contributed by atoms with E-state index in [2.05, 4.69) is 0 Å². The quantitative estimate of drug-likeness (QED) is 0.331. The van der Waals surface area contributed by atoms with Crippen molar-refractivity contribution in [1.29, 1.82) is 0 Å². The number of aromatic nitrogens is 2. The molecule has 0 fully saturated rings. The van der Waals surface area contributed by atoms with Crippen LogP contribution >= 0.6 is 11.6 Å². The van der Waals surface area contributed by atoms with E-state index in [1.54, 1.807) is 63.5 Å². The van der Waals surface area contributed by atoms with E-state index >= 15 is 0 Å². The number of nitrogens with zero attached hydrogens (tertiary/aromatic N) is 2. The first-order valence-corrected chi connectivity index (χ1v) is 10.4. The Morgan fingerprint density at radius 2 is 1.21 bits per heavy atom. The zero-order valence-electron chi connectivity index (χ0n) is 18.6. The maximum atomic E-state index is 13.6. The fourth-order valence-corrected chi connectivity index (χ4v) is 3.90. The zero-order chi connectivity index (χ0) is 23.5. The van der Waals surface area contributed by atoms with Crippen LogP contribution in [0.15, 0.2) is 60.7 Å². The van der Waals surface area contributed by atoms with Gasteiger partial charge in [0.25, 0.3) is 0 Å². The lowest BCUT2D eigenvalue weighted by atomic mass is 10.1. The molecule has 170 valence electrons. The summed E-state index contributed by atoms with van der Waals surface area (Å²) in [6, 6.07) is 17.0. The highest BCUT2D eigenvalue weighted by molar-refractivity contribution is 6.35. The van der Waals surface area contributed by atoms with E-state index in [0.29, 0.717) is 45.1 Å². The van der Waals surface area contributed by atoms with Crippen molar-refractivity contribution in [2.45, 2.75) is 0 Å². The third-order valence-electron chi connectivity index (χ3n) is 5.21. The molecule has 0 aliphatic heterocycles. The van der Waals surface area contributed by atoms with Crippen LogP contribution in [0.1, 0.15) is 0 Å². The molecule has 0 unspecified atom stereocenters. The van der Waals surface area contributed by atoms with E-state index in [0.717, 1.165) is 11.1 Å². The fraction of sp³-hybridized carbons (Fsp3) is 0.160. The van der Waals surface area contributed by atoms with Crippen molar-refractivity contribution < 1.29 is 23.3 Å². The van der Waals surface area contributed by atoms with Crippen LogP contribution in [0, 0.1) is 5.82 Å². The largest absolute Gasteiger partial charge is 0.493 e. The number of ether oxygens (including phenoxy) is 4. The van der Waals surface area contributed by atoms with Crippen LogP contribution in [0.4, 0.5) is 4.39 Å². The molecule has 0 saturated heterocycles. The predicted molar refractivity (Wildman–Crippen MR) is 126 cm³/mol. The first-order chi connectivity index (χ1) is 16.0. The van der Waals surface area contributed by atoms with Gasteiger partial charge in [-0.3, -0.25) is 0 Å². The Morgan fingerprint density at radius 3 is 1.76 bits per heavy atom. The molecule has 8 heteroatoms. The summed E-state index contributed by atoms with van der Waals surface area (Å²) in [7, 11) is 6.27. The number of rotatable bonds is 7. The fourth-order valence-electron chi connectivity index (χ4n) is 3.57. The number of benzene rings is 3. The molecule has 4 rings (SSSR count). The van der Waals surface area contributed by atoms with Gasteiger partial charge in [-0.2, -0.15) is 5.10 Å². The van der Waals surface area contributed by atoms with Gasteiger partial charge in [-0.1, -0.05) is 11.6 Å². The zero-order valence-corrected chi connectivity index (χ0v) is 19.3. The summed E-state index contributed by atoms with van der Waals surface area (Å²) < 4.78 is 36.9. The lowest BCUT2D eigenvalue weighted by molar-refractivity contribution is 0.355. The maximum Gasteiger partial charge on any atom is 0.161 e. The van der Waals surface area contributed by atoms with Gasteiger partial charge < -0.3 is 18.9 Å². The standard InChI is InChI=1S/C25H22ClFN2O4/c1-30-19-11-5-15(13-21(19)32-3)24-23(26)25(16-6-12-20(31-2)22(14-16)33-4)29(28-24)18-9-7-17(27)8-10-18/h5-14H,1-4H3. The molecular weight excluding hydrogens is 447 g/mol. The minimum Gasteiger partial charge on any atom is -0.493 e. The summed E-state index contributed by atoms with van der Waals surface area (Å²) in [5.74, 6) is 1.94. The SMILES string of the molecule is COc1ccc(-c2nn(-c3ccc(F)cc3)c(-c3ccc(OC)c(OC)c3)c2Cl)cc1OC. The summed E-state index contributed by atoms with van der Waals surface area (Å²) in [5.41, 5.74) is 3.29. The first kappa shape index (κ1) is 22.5. The van der Waals surface area contributed by atoms with E-state index in [1.165, 1.54) is 12.1 Å². The lowest BCUT2D eigenvalue weighted by Crippen LogP contribution is -2.00. The van der Waals surface area contributed by atoms with Crippen LogP contribution < -0.4 is 18.9 Å². The molecule has 0 radical (unpaired) electrons. The molecule has 0 saturated carbocycles. The monoisotopic (exact) mass is 468 g/mol. The Kier molecular flexibility index (Phi) is 6.42. The second-order valence-electron chi connectivity index (χ2n) is 7.04. The Bertz CT molecular complexity index is 1290.